The zero-order valence-corrected chi connectivity index (χ0v) is 15.8. The third-order valence-electron chi connectivity index (χ3n) is 6.86. The van der Waals surface area contributed by atoms with Gasteiger partial charge in [0.05, 0.1) is 10.5 Å². The van der Waals surface area contributed by atoms with Gasteiger partial charge in [-0.1, -0.05) is 6.07 Å². The number of hydrogen-bond donors (Lipinski definition) is 0. The van der Waals surface area contributed by atoms with Crippen LogP contribution in [0.15, 0.2) is 18.2 Å². The van der Waals surface area contributed by atoms with Gasteiger partial charge in [-0.15, -0.1) is 0 Å². The van der Waals surface area contributed by atoms with Gasteiger partial charge in [-0.3, -0.25) is 14.9 Å². The van der Waals surface area contributed by atoms with E-state index in [1.807, 2.05) is 0 Å². The standard InChI is InChI=1S/C21H25NO5/c1-12-3-4-17(8-18(12)22(25)26)20(24)27-13(2)19(23)21-9-14-5-15(10-21)7-16(6-14)11-21/h3-4,8,13-16H,5-7,9-11H2,1-2H3/t13-,14?,15?,16?,21?/m0/s1. The van der Waals surface area contributed by atoms with Gasteiger partial charge < -0.3 is 4.74 Å². The van der Waals surface area contributed by atoms with E-state index in [1.165, 1.54) is 37.5 Å². The summed E-state index contributed by atoms with van der Waals surface area (Å²) < 4.78 is 5.45. The van der Waals surface area contributed by atoms with Crippen molar-refractivity contribution in [3.63, 3.8) is 0 Å². The number of carbonyl (C=O) groups is 2. The fraction of sp³-hybridized carbons (Fsp3) is 0.619. The minimum atomic E-state index is -0.825. The van der Waals surface area contributed by atoms with Crippen LogP contribution in [0.4, 0.5) is 5.69 Å². The maximum absolute atomic E-state index is 13.2. The zero-order chi connectivity index (χ0) is 19.3. The number of nitrogens with zero attached hydrogens (tertiary/aromatic N) is 1. The SMILES string of the molecule is Cc1ccc(C(=O)O[C@@H](C)C(=O)C23CC4CC(CC(C4)C2)C3)cc1[N+](=O)[O-]. The van der Waals surface area contributed by atoms with Crippen LogP contribution in [-0.4, -0.2) is 22.8 Å². The fourth-order valence-electron chi connectivity index (χ4n) is 6.06. The molecule has 4 bridgehead atoms. The molecule has 4 fully saturated rings. The van der Waals surface area contributed by atoms with E-state index in [1.54, 1.807) is 13.8 Å². The Hall–Kier alpha value is -2.24. The number of rotatable bonds is 5. The van der Waals surface area contributed by atoms with E-state index >= 15 is 0 Å². The Kier molecular flexibility index (Phi) is 4.32. The van der Waals surface area contributed by atoms with Gasteiger partial charge in [0.15, 0.2) is 11.9 Å². The topological polar surface area (TPSA) is 86.5 Å². The van der Waals surface area contributed by atoms with Crippen molar-refractivity contribution in [3.05, 3.63) is 39.4 Å². The van der Waals surface area contributed by atoms with Crippen LogP contribution in [0, 0.1) is 40.2 Å². The fourth-order valence-corrected chi connectivity index (χ4v) is 6.06. The van der Waals surface area contributed by atoms with Crippen molar-refractivity contribution in [1.29, 1.82) is 0 Å². The number of ether oxygens (including phenoxy) is 1. The van der Waals surface area contributed by atoms with Crippen LogP contribution in [0.3, 0.4) is 0 Å². The summed E-state index contributed by atoms with van der Waals surface area (Å²) in [6.07, 6.45) is 5.69. The van der Waals surface area contributed by atoms with Crippen LogP contribution >= 0.6 is 0 Å². The Balaban J connectivity index is 1.48. The molecule has 0 saturated heterocycles. The maximum Gasteiger partial charge on any atom is 0.339 e. The van der Waals surface area contributed by atoms with Gasteiger partial charge in [-0.25, -0.2) is 4.79 Å². The molecular formula is C21H25NO5. The summed E-state index contributed by atoms with van der Waals surface area (Å²) in [4.78, 5) is 36.3. The number of hydrogen-bond acceptors (Lipinski definition) is 5. The number of carbonyl (C=O) groups excluding carboxylic acids is 2. The summed E-state index contributed by atoms with van der Waals surface area (Å²) in [6, 6.07) is 4.26. The van der Waals surface area contributed by atoms with Crippen molar-refractivity contribution in [2.45, 2.75) is 58.5 Å². The Bertz CT molecular complexity index is 780. The van der Waals surface area contributed by atoms with E-state index in [2.05, 4.69) is 0 Å². The van der Waals surface area contributed by atoms with Gasteiger partial charge in [0.2, 0.25) is 0 Å². The van der Waals surface area contributed by atoms with Gasteiger partial charge in [0, 0.05) is 17.0 Å². The van der Waals surface area contributed by atoms with Crippen LogP contribution in [0.5, 0.6) is 0 Å². The molecular weight excluding hydrogens is 346 g/mol. The molecule has 0 aromatic heterocycles. The van der Waals surface area contributed by atoms with Gasteiger partial charge in [0.1, 0.15) is 0 Å². The highest BCUT2D eigenvalue weighted by Gasteiger charge is 2.55. The third-order valence-corrected chi connectivity index (χ3v) is 6.86. The minimum absolute atomic E-state index is 0.0385. The predicted molar refractivity (Wildman–Crippen MR) is 98.3 cm³/mol. The predicted octanol–water partition coefficient (Wildman–Crippen LogP) is 4.23. The Morgan fingerprint density at radius 1 is 1.15 bits per heavy atom. The Morgan fingerprint density at radius 3 is 2.22 bits per heavy atom. The van der Waals surface area contributed by atoms with Crippen LogP contribution in [0.25, 0.3) is 0 Å². The first-order chi connectivity index (χ1) is 12.8. The number of aryl methyl sites for hydroxylation is 1. The Morgan fingerprint density at radius 2 is 1.70 bits per heavy atom. The summed E-state index contributed by atoms with van der Waals surface area (Å²) in [7, 11) is 0. The van der Waals surface area contributed by atoms with Crippen molar-refractivity contribution < 1.29 is 19.2 Å². The summed E-state index contributed by atoms with van der Waals surface area (Å²) >= 11 is 0. The van der Waals surface area contributed by atoms with E-state index in [-0.39, 0.29) is 22.4 Å². The number of Topliss-reactive ketones (excluding diaryl/α,β-unsaturated/α-hetero) is 1. The summed E-state index contributed by atoms with van der Waals surface area (Å²) in [5.41, 5.74) is 0.143. The number of nitro benzene ring substituents is 1. The third kappa shape index (κ3) is 3.15. The molecule has 0 N–H and O–H groups in total. The highest BCUT2D eigenvalue weighted by Crippen LogP contribution is 2.60. The molecule has 0 heterocycles. The second-order valence-corrected chi connectivity index (χ2v) is 8.87. The average Bonchev–Trinajstić information content (AvgIpc) is 2.59. The normalized spacial score (nSPS) is 32.1. The first-order valence-electron chi connectivity index (χ1n) is 9.78. The molecule has 0 radical (unpaired) electrons. The first-order valence-corrected chi connectivity index (χ1v) is 9.78. The molecule has 0 amide bonds. The van der Waals surface area contributed by atoms with Crippen molar-refractivity contribution in [3.8, 4) is 0 Å². The van der Waals surface area contributed by atoms with Crippen molar-refractivity contribution in [1.82, 2.24) is 0 Å². The summed E-state index contributed by atoms with van der Waals surface area (Å²) in [5.74, 6) is 1.29. The van der Waals surface area contributed by atoms with Crippen LogP contribution in [-0.2, 0) is 9.53 Å². The highest BCUT2D eigenvalue weighted by atomic mass is 16.6. The summed E-state index contributed by atoms with van der Waals surface area (Å²) in [5, 5.41) is 11.1. The molecule has 5 rings (SSSR count). The number of benzene rings is 1. The lowest BCUT2D eigenvalue weighted by Crippen LogP contribution is -2.52. The van der Waals surface area contributed by atoms with E-state index in [0.29, 0.717) is 23.3 Å². The van der Waals surface area contributed by atoms with Crippen molar-refractivity contribution in [2.24, 2.45) is 23.2 Å². The molecule has 6 nitrogen and oxygen atoms in total. The highest BCUT2D eigenvalue weighted by molar-refractivity contribution is 5.95. The molecule has 0 spiro atoms. The van der Waals surface area contributed by atoms with Gasteiger partial charge in [-0.2, -0.15) is 0 Å². The maximum atomic E-state index is 13.2. The largest absolute Gasteiger partial charge is 0.451 e. The molecule has 0 unspecified atom stereocenters. The Labute approximate surface area is 158 Å². The molecule has 144 valence electrons. The lowest BCUT2D eigenvalue weighted by molar-refractivity contribution is -0.385. The zero-order valence-electron chi connectivity index (χ0n) is 15.8. The number of nitro groups is 1. The van der Waals surface area contributed by atoms with Gasteiger partial charge in [-0.05, 0) is 76.2 Å². The van der Waals surface area contributed by atoms with Crippen molar-refractivity contribution >= 4 is 17.4 Å². The van der Waals surface area contributed by atoms with E-state index in [9.17, 15) is 19.7 Å². The van der Waals surface area contributed by atoms with E-state index in [0.717, 1.165) is 19.3 Å². The number of esters is 1. The van der Waals surface area contributed by atoms with E-state index < -0.39 is 17.0 Å². The van der Waals surface area contributed by atoms with Crippen LogP contribution in [0.2, 0.25) is 0 Å². The van der Waals surface area contributed by atoms with Crippen LogP contribution < -0.4 is 0 Å². The van der Waals surface area contributed by atoms with Gasteiger partial charge >= 0.3 is 5.97 Å². The molecule has 1 aromatic rings. The summed E-state index contributed by atoms with van der Waals surface area (Å²) in [6.45, 7) is 3.26. The second kappa shape index (κ2) is 6.43. The molecule has 4 aliphatic rings. The number of ketones is 1. The quantitative estimate of drug-likeness (QED) is 0.439. The average molecular weight is 371 g/mol. The van der Waals surface area contributed by atoms with E-state index in [4.69, 9.17) is 4.74 Å². The lowest BCUT2D eigenvalue weighted by Gasteiger charge is -2.56. The van der Waals surface area contributed by atoms with Crippen LogP contribution in [0.1, 0.15) is 61.4 Å². The van der Waals surface area contributed by atoms with Crippen molar-refractivity contribution in [2.75, 3.05) is 0 Å². The molecule has 0 aliphatic heterocycles. The molecule has 4 saturated carbocycles. The second-order valence-electron chi connectivity index (χ2n) is 8.87. The smallest absolute Gasteiger partial charge is 0.339 e. The molecule has 1 atom stereocenters. The molecule has 27 heavy (non-hydrogen) atoms. The first kappa shape index (κ1) is 18.1. The lowest BCUT2D eigenvalue weighted by atomic mass is 9.48. The monoisotopic (exact) mass is 371 g/mol. The molecule has 4 aliphatic carbocycles. The molecule has 6 heteroatoms. The van der Waals surface area contributed by atoms with Gasteiger partial charge in [0.25, 0.3) is 5.69 Å². The minimum Gasteiger partial charge on any atom is -0.451 e. The molecule has 1 aromatic carbocycles.